The normalized spacial score (nSPS) is 21.4. The van der Waals surface area contributed by atoms with Gasteiger partial charge in [0.25, 0.3) is 0 Å². The van der Waals surface area contributed by atoms with Crippen molar-refractivity contribution < 1.29 is 4.42 Å². The third kappa shape index (κ3) is 2.73. The molecule has 1 aliphatic rings. The van der Waals surface area contributed by atoms with Crippen molar-refractivity contribution in [2.75, 3.05) is 6.54 Å². The maximum Gasteiger partial charge on any atom is 0.105 e. The zero-order valence-corrected chi connectivity index (χ0v) is 11.4. The summed E-state index contributed by atoms with van der Waals surface area (Å²) in [4.78, 5) is 4.34. The highest BCUT2D eigenvalue weighted by molar-refractivity contribution is 5.09. The molecule has 0 aliphatic carbocycles. The monoisotopic (exact) mass is 259 g/mol. The van der Waals surface area contributed by atoms with E-state index in [4.69, 9.17) is 4.42 Å². The van der Waals surface area contributed by atoms with Crippen LogP contribution < -0.4 is 5.32 Å². The van der Waals surface area contributed by atoms with Gasteiger partial charge >= 0.3 is 0 Å². The van der Waals surface area contributed by atoms with E-state index in [2.05, 4.69) is 21.8 Å². The van der Waals surface area contributed by atoms with Crippen molar-refractivity contribution >= 4 is 0 Å². The number of piperidine rings is 1. The van der Waals surface area contributed by atoms with E-state index in [1.54, 1.807) is 6.26 Å². The van der Waals surface area contributed by atoms with Crippen LogP contribution >= 0.6 is 0 Å². The van der Waals surface area contributed by atoms with E-state index in [1.165, 1.54) is 25.0 Å². The molecule has 0 radical (unpaired) electrons. The van der Waals surface area contributed by atoms with Crippen LogP contribution in [0.5, 0.6) is 0 Å². The predicted octanol–water partition coefficient (Wildman–Crippen LogP) is 3.09. The highest BCUT2D eigenvalue weighted by Gasteiger charge is 2.20. The fourth-order valence-corrected chi connectivity index (χ4v) is 2.88. The number of rotatable bonds is 4. The van der Waals surface area contributed by atoms with Gasteiger partial charge in [-0.15, -0.1) is 0 Å². The summed E-state index contributed by atoms with van der Waals surface area (Å²) in [6.45, 7) is 3.33. The molecule has 0 bridgehead atoms. The highest BCUT2D eigenvalue weighted by Crippen LogP contribution is 2.26. The van der Waals surface area contributed by atoms with Crippen LogP contribution in [0.2, 0.25) is 0 Å². The third-order valence-corrected chi connectivity index (χ3v) is 3.91. The second-order valence-electron chi connectivity index (χ2n) is 5.36. The van der Waals surface area contributed by atoms with Crippen LogP contribution in [-0.2, 0) is 6.42 Å². The Bertz CT molecular complexity index is 497. The highest BCUT2D eigenvalue weighted by atomic mass is 16.3. The van der Waals surface area contributed by atoms with Crippen molar-refractivity contribution in [2.24, 2.45) is 0 Å². The third-order valence-electron chi connectivity index (χ3n) is 3.91. The van der Waals surface area contributed by atoms with Gasteiger partial charge in [0.05, 0.1) is 18.3 Å². The van der Waals surface area contributed by atoms with Crippen molar-refractivity contribution in [1.29, 1.82) is 0 Å². The van der Waals surface area contributed by atoms with Gasteiger partial charge < -0.3 is 14.3 Å². The van der Waals surface area contributed by atoms with Crippen LogP contribution in [0.15, 0.2) is 35.3 Å². The molecule has 4 heteroatoms. The average Bonchev–Trinajstić information content (AvgIpc) is 3.10. The lowest BCUT2D eigenvalue weighted by Gasteiger charge is -2.26. The van der Waals surface area contributed by atoms with Crippen LogP contribution in [0, 0.1) is 0 Å². The molecule has 2 aromatic heterocycles. The lowest BCUT2D eigenvalue weighted by molar-refractivity contribution is 0.375. The molecule has 3 rings (SSSR count). The first-order valence-corrected chi connectivity index (χ1v) is 7.12. The van der Waals surface area contributed by atoms with Crippen molar-refractivity contribution in [2.45, 2.75) is 44.7 Å². The summed E-state index contributed by atoms with van der Waals surface area (Å²) in [5.74, 6) is 1.03. The summed E-state index contributed by atoms with van der Waals surface area (Å²) in [5, 5.41) is 3.59. The minimum absolute atomic E-state index is 0.368. The number of aromatic nitrogens is 2. The van der Waals surface area contributed by atoms with Gasteiger partial charge in [-0.1, -0.05) is 6.42 Å². The first-order valence-electron chi connectivity index (χ1n) is 7.12. The molecule has 0 aromatic carbocycles. The minimum Gasteiger partial charge on any atom is -0.469 e. The molecule has 1 N–H and O–H groups in total. The number of hydrogen-bond acceptors (Lipinski definition) is 3. The van der Waals surface area contributed by atoms with Gasteiger partial charge in [0, 0.05) is 24.7 Å². The Hall–Kier alpha value is -1.55. The van der Waals surface area contributed by atoms with E-state index in [9.17, 15) is 0 Å². The van der Waals surface area contributed by atoms with Gasteiger partial charge in [-0.2, -0.15) is 0 Å². The molecular weight excluding hydrogens is 238 g/mol. The SMILES string of the molecule is CC(Cc1ccco1)n1cncc1C1CCCCN1. The van der Waals surface area contributed by atoms with Crippen LogP contribution in [0.4, 0.5) is 0 Å². The Morgan fingerprint density at radius 3 is 3.21 bits per heavy atom. The standard InChI is InChI=1S/C15H21N3O/c1-12(9-13-5-4-8-19-13)18-11-16-10-15(18)14-6-2-3-7-17-14/h4-5,8,10-12,14,17H,2-3,6-7,9H2,1H3. The topological polar surface area (TPSA) is 43.0 Å². The van der Waals surface area contributed by atoms with E-state index in [0.29, 0.717) is 12.1 Å². The van der Waals surface area contributed by atoms with Crippen LogP contribution in [0.3, 0.4) is 0 Å². The van der Waals surface area contributed by atoms with Crippen LogP contribution in [0.25, 0.3) is 0 Å². The molecule has 1 aliphatic heterocycles. The van der Waals surface area contributed by atoms with Crippen molar-refractivity contribution in [3.8, 4) is 0 Å². The van der Waals surface area contributed by atoms with E-state index in [0.717, 1.165) is 18.7 Å². The Morgan fingerprint density at radius 1 is 1.53 bits per heavy atom. The summed E-state index contributed by atoms with van der Waals surface area (Å²) < 4.78 is 7.72. The van der Waals surface area contributed by atoms with Crippen LogP contribution in [-0.4, -0.2) is 16.1 Å². The Labute approximate surface area is 113 Å². The lowest BCUT2D eigenvalue weighted by atomic mass is 10.0. The molecule has 1 saturated heterocycles. The Kier molecular flexibility index (Phi) is 3.69. The molecule has 2 unspecified atom stereocenters. The quantitative estimate of drug-likeness (QED) is 0.917. The molecule has 0 amide bonds. The van der Waals surface area contributed by atoms with Gasteiger partial charge in [-0.3, -0.25) is 0 Å². The molecule has 0 saturated carbocycles. The smallest absolute Gasteiger partial charge is 0.105 e. The zero-order valence-electron chi connectivity index (χ0n) is 11.4. The summed E-state index contributed by atoms with van der Waals surface area (Å²) in [5.41, 5.74) is 1.30. The second-order valence-corrected chi connectivity index (χ2v) is 5.36. The molecule has 4 nitrogen and oxygen atoms in total. The van der Waals surface area contributed by atoms with Gasteiger partial charge in [0.1, 0.15) is 5.76 Å². The number of imidazole rings is 1. The van der Waals surface area contributed by atoms with Crippen molar-refractivity contribution in [3.05, 3.63) is 42.4 Å². The second kappa shape index (κ2) is 5.61. The molecule has 3 heterocycles. The Morgan fingerprint density at radius 2 is 2.47 bits per heavy atom. The van der Waals surface area contributed by atoms with E-state index >= 15 is 0 Å². The maximum absolute atomic E-state index is 5.44. The summed E-state index contributed by atoms with van der Waals surface area (Å²) in [6, 6.07) is 4.80. The molecule has 1 fully saturated rings. The van der Waals surface area contributed by atoms with Gasteiger partial charge in [0.15, 0.2) is 0 Å². The number of hydrogen-bond donors (Lipinski definition) is 1. The number of furan rings is 1. The number of nitrogens with zero attached hydrogens (tertiary/aromatic N) is 2. The van der Waals surface area contributed by atoms with E-state index in [-0.39, 0.29) is 0 Å². The van der Waals surface area contributed by atoms with Crippen LogP contribution in [0.1, 0.15) is 49.7 Å². The van der Waals surface area contributed by atoms with E-state index < -0.39 is 0 Å². The molecular formula is C15H21N3O. The Balaban J connectivity index is 1.75. The molecule has 19 heavy (non-hydrogen) atoms. The molecule has 102 valence electrons. The summed E-state index contributed by atoms with van der Waals surface area (Å²) >= 11 is 0. The molecule has 2 aromatic rings. The van der Waals surface area contributed by atoms with Gasteiger partial charge in [0.2, 0.25) is 0 Å². The van der Waals surface area contributed by atoms with Gasteiger partial charge in [-0.25, -0.2) is 4.98 Å². The lowest BCUT2D eigenvalue weighted by Crippen LogP contribution is -2.29. The van der Waals surface area contributed by atoms with Crippen molar-refractivity contribution in [1.82, 2.24) is 14.9 Å². The summed E-state index contributed by atoms with van der Waals surface area (Å²) in [6.07, 6.45) is 10.4. The average molecular weight is 259 g/mol. The fourth-order valence-electron chi connectivity index (χ4n) is 2.88. The van der Waals surface area contributed by atoms with Crippen molar-refractivity contribution in [3.63, 3.8) is 0 Å². The predicted molar refractivity (Wildman–Crippen MR) is 73.9 cm³/mol. The van der Waals surface area contributed by atoms with Gasteiger partial charge in [-0.05, 0) is 38.4 Å². The zero-order chi connectivity index (χ0) is 13.1. The maximum atomic E-state index is 5.44. The fraction of sp³-hybridized carbons (Fsp3) is 0.533. The largest absolute Gasteiger partial charge is 0.469 e. The first-order chi connectivity index (χ1) is 9.34. The molecule has 0 spiro atoms. The summed E-state index contributed by atoms with van der Waals surface area (Å²) in [7, 11) is 0. The molecule has 2 atom stereocenters. The minimum atomic E-state index is 0.368. The first kappa shape index (κ1) is 12.5. The number of nitrogens with one attached hydrogen (secondary N) is 1. The van der Waals surface area contributed by atoms with E-state index in [1.807, 2.05) is 24.7 Å².